The van der Waals surface area contributed by atoms with Crippen LogP contribution >= 0.6 is 23.2 Å². The Balaban J connectivity index is 1.61. The highest BCUT2D eigenvalue weighted by Crippen LogP contribution is 2.29. The molecule has 0 atom stereocenters. The fourth-order valence-corrected chi connectivity index (χ4v) is 3.47. The van der Waals surface area contributed by atoms with E-state index in [-0.39, 0.29) is 5.69 Å². The molecule has 5 nitrogen and oxygen atoms in total. The van der Waals surface area contributed by atoms with Gasteiger partial charge in [0, 0.05) is 55.9 Å². The van der Waals surface area contributed by atoms with Crippen molar-refractivity contribution in [2.45, 2.75) is 12.7 Å². The first kappa shape index (κ1) is 20.0. The molecule has 1 amide bonds. The molecule has 0 radical (unpaired) electrons. The van der Waals surface area contributed by atoms with Gasteiger partial charge in [-0.25, -0.2) is 0 Å². The van der Waals surface area contributed by atoms with Gasteiger partial charge >= 0.3 is 6.18 Å². The van der Waals surface area contributed by atoms with Gasteiger partial charge in [0.2, 0.25) is 0 Å². The lowest BCUT2D eigenvalue weighted by atomic mass is 10.2. The van der Waals surface area contributed by atoms with Crippen molar-refractivity contribution in [3.05, 3.63) is 51.3 Å². The van der Waals surface area contributed by atoms with E-state index in [9.17, 15) is 18.0 Å². The maximum Gasteiger partial charge on any atom is 0.433 e. The lowest BCUT2D eigenvalue weighted by Crippen LogP contribution is -2.48. The predicted octanol–water partition coefficient (Wildman–Crippen LogP) is 3.70. The highest BCUT2D eigenvalue weighted by Gasteiger charge is 2.36. The van der Waals surface area contributed by atoms with Crippen LogP contribution in [0.15, 0.2) is 24.3 Å². The van der Waals surface area contributed by atoms with E-state index in [0.29, 0.717) is 47.5 Å². The van der Waals surface area contributed by atoms with Crippen LogP contribution in [0, 0.1) is 0 Å². The van der Waals surface area contributed by atoms with Gasteiger partial charge in [0.25, 0.3) is 5.91 Å². The molecule has 2 aromatic rings. The molecule has 146 valence electrons. The molecular weight excluding hydrogens is 404 g/mol. The highest BCUT2D eigenvalue weighted by molar-refractivity contribution is 6.35. The van der Waals surface area contributed by atoms with Gasteiger partial charge in [-0.1, -0.05) is 29.3 Å². The van der Waals surface area contributed by atoms with E-state index in [2.05, 4.69) is 10.00 Å². The van der Waals surface area contributed by atoms with E-state index < -0.39 is 17.8 Å². The van der Waals surface area contributed by atoms with E-state index in [1.54, 1.807) is 12.1 Å². The Morgan fingerprint density at radius 2 is 1.81 bits per heavy atom. The summed E-state index contributed by atoms with van der Waals surface area (Å²) in [5, 5.41) is 4.86. The molecule has 1 aromatic carbocycles. The lowest BCUT2D eigenvalue weighted by Gasteiger charge is -2.34. The molecule has 27 heavy (non-hydrogen) atoms. The molecule has 1 saturated heterocycles. The van der Waals surface area contributed by atoms with Crippen molar-refractivity contribution in [3.8, 4) is 0 Å². The number of carbonyl (C=O) groups is 1. The third-order valence-electron chi connectivity index (χ3n) is 4.46. The van der Waals surface area contributed by atoms with Crippen molar-refractivity contribution in [1.82, 2.24) is 19.6 Å². The summed E-state index contributed by atoms with van der Waals surface area (Å²) in [5.74, 6) is -0.495. The monoisotopic (exact) mass is 420 g/mol. The summed E-state index contributed by atoms with van der Waals surface area (Å²) in [6, 6.07) is 6.09. The zero-order valence-electron chi connectivity index (χ0n) is 14.4. The third-order valence-corrected chi connectivity index (χ3v) is 5.04. The average molecular weight is 421 g/mol. The largest absolute Gasteiger partial charge is 0.433 e. The number of amides is 1. The number of aryl methyl sites for hydroxylation is 1. The molecule has 2 heterocycles. The Morgan fingerprint density at radius 3 is 2.37 bits per heavy atom. The van der Waals surface area contributed by atoms with E-state index in [4.69, 9.17) is 23.2 Å². The maximum absolute atomic E-state index is 12.9. The SMILES string of the molecule is Cn1nc(C(=O)N2CCN(Cc3ccc(Cl)cc3Cl)CC2)cc1C(F)(F)F. The first-order valence-corrected chi connectivity index (χ1v) is 8.97. The van der Waals surface area contributed by atoms with Crippen LogP contribution in [0.5, 0.6) is 0 Å². The molecule has 0 N–H and O–H groups in total. The van der Waals surface area contributed by atoms with Gasteiger partial charge in [0.15, 0.2) is 5.69 Å². The fourth-order valence-electron chi connectivity index (χ4n) is 3.00. The predicted molar refractivity (Wildman–Crippen MR) is 95.9 cm³/mol. The number of piperazine rings is 1. The van der Waals surface area contributed by atoms with Crippen LogP contribution in [0.2, 0.25) is 10.0 Å². The minimum absolute atomic E-state index is 0.195. The molecule has 0 bridgehead atoms. The van der Waals surface area contributed by atoms with Gasteiger partial charge in [0.05, 0.1) is 0 Å². The number of halogens is 5. The maximum atomic E-state index is 12.9. The van der Waals surface area contributed by atoms with E-state index in [0.717, 1.165) is 11.6 Å². The van der Waals surface area contributed by atoms with Crippen molar-refractivity contribution < 1.29 is 18.0 Å². The molecule has 0 spiro atoms. The second kappa shape index (κ2) is 7.69. The molecule has 1 fully saturated rings. The lowest BCUT2D eigenvalue weighted by molar-refractivity contribution is -0.143. The van der Waals surface area contributed by atoms with Crippen molar-refractivity contribution in [2.75, 3.05) is 26.2 Å². The number of alkyl halides is 3. The number of benzene rings is 1. The van der Waals surface area contributed by atoms with Gasteiger partial charge in [-0.2, -0.15) is 18.3 Å². The molecule has 1 aromatic heterocycles. The van der Waals surface area contributed by atoms with Crippen LogP contribution in [0.3, 0.4) is 0 Å². The number of aromatic nitrogens is 2. The zero-order chi connectivity index (χ0) is 19.8. The summed E-state index contributed by atoms with van der Waals surface area (Å²) in [5.41, 5.74) is -0.207. The molecule has 0 saturated carbocycles. The second-order valence-corrected chi connectivity index (χ2v) is 7.18. The number of rotatable bonds is 3. The molecule has 1 aliphatic rings. The van der Waals surface area contributed by atoms with Gasteiger partial charge in [0.1, 0.15) is 5.69 Å². The molecule has 0 unspecified atom stereocenters. The van der Waals surface area contributed by atoms with Crippen LogP contribution in [0.25, 0.3) is 0 Å². The summed E-state index contributed by atoms with van der Waals surface area (Å²) < 4.78 is 39.3. The number of carbonyl (C=O) groups excluding carboxylic acids is 1. The molecule has 10 heteroatoms. The first-order valence-electron chi connectivity index (χ1n) is 8.22. The number of hydrogen-bond donors (Lipinski definition) is 0. The summed E-state index contributed by atoms with van der Waals surface area (Å²) >= 11 is 12.1. The Kier molecular flexibility index (Phi) is 5.69. The Labute approximate surface area is 164 Å². The topological polar surface area (TPSA) is 41.4 Å². The molecular formula is C17H17Cl2F3N4O. The van der Waals surface area contributed by atoms with Crippen LogP contribution in [-0.4, -0.2) is 51.7 Å². The van der Waals surface area contributed by atoms with Crippen LogP contribution in [0.1, 0.15) is 21.7 Å². The fraction of sp³-hybridized carbons (Fsp3) is 0.412. The van der Waals surface area contributed by atoms with Crippen LogP contribution in [0.4, 0.5) is 13.2 Å². The van der Waals surface area contributed by atoms with Crippen molar-refractivity contribution in [3.63, 3.8) is 0 Å². The Morgan fingerprint density at radius 1 is 1.15 bits per heavy atom. The Hall–Kier alpha value is -1.77. The second-order valence-electron chi connectivity index (χ2n) is 6.34. The third kappa shape index (κ3) is 4.56. The molecule has 1 aliphatic heterocycles. The first-order chi connectivity index (χ1) is 12.6. The quantitative estimate of drug-likeness (QED) is 0.759. The normalized spacial score (nSPS) is 16.0. The van der Waals surface area contributed by atoms with Crippen LogP contribution < -0.4 is 0 Å². The number of hydrogen-bond acceptors (Lipinski definition) is 3. The number of nitrogens with zero attached hydrogens (tertiary/aromatic N) is 4. The van der Waals surface area contributed by atoms with E-state index in [1.807, 2.05) is 6.07 Å². The molecule has 0 aliphatic carbocycles. The average Bonchev–Trinajstić information content (AvgIpc) is 2.99. The Bertz CT molecular complexity index is 845. The van der Waals surface area contributed by atoms with Gasteiger partial charge in [-0.05, 0) is 17.7 Å². The summed E-state index contributed by atoms with van der Waals surface area (Å²) in [4.78, 5) is 16.1. The van der Waals surface area contributed by atoms with Crippen molar-refractivity contribution >= 4 is 29.1 Å². The smallest absolute Gasteiger partial charge is 0.335 e. The standard InChI is InChI=1S/C17H17Cl2F3N4O/c1-24-15(17(20,21)22)9-14(23-24)16(27)26-6-4-25(5-7-26)10-11-2-3-12(18)8-13(11)19/h2-3,8-9H,4-7,10H2,1H3. The van der Waals surface area contributed by atoms with Crippen LogP contribution in [-0.2, 0) is 19.8 Å². The van der Waals surface area contributed by atoms with Gasteiger partial charge in [-0.15, -0.1) is 0 Å². The van der Waals surface area contributed by atoms with E-state index in [1.165, 1.54) is 11.9 Å². The van der Waals surface area contributed by atoms with Crippen molar-refractivity contribution in [1.29, 1.82) is 0 Å². The molecule has 3 rings (SSSR count). The summed E-state index contributed by atoms with van der Waals surface area (Å²) in [6.45, 7) is 2.59. The minimum atomic E-state index is -4.54. The summed E-state index contributed by atoms with van der Waals surface area (Å²) in [6.07, 6.45) is -4.54. The van der Waals surface area contributed by atoms with Crippen molar-refractivity contribution in [2.24, 2.45) is 7.05 Å². The zero-order valence-corrected chi connectivity index (χ0v) is 15.9. The minimum Gasteiger partial charge on any atom is -0.335 e. The van der Waals surface area contributed by atoms with Gasteiger partial charge in [-0.3, -0.25) is 14.4 Å². The van der Waals surface area contributed by atoms with E-state index >= 15 is 0 Å². The summed E-state index contributed by atoms with van der Waals surface area (Å²) in [7, 11) is 1.17. The van der Waals surface area contributed by atoms with Gasteiger partial charge < -0.3 is 4.90 Å². The highest BCUT2D eigenvalue weighted by atomic mass is 35.5.